The van der Waals surface area contributed by atoms with E-state index in [1.165, 1.54) is 6.26 Å². The molecule has 1 aliphatic rings. The molecule has 1 aliphatic heterocycles. The lowest BCUT2D eigenvalue weighted by Crippen LogP contribution is -2.53. The molecule has 1 aromatic rings. The zero-order valence-corrected chi connectivity index (χ0v) is 17.6. The molecule has 1 atom stereocenters. The minimum absolute atomic E-state index is 0. The molecule has 0 bridgehead atoms. The molecule has 142 valence electrons. The summed E-state index contributed by atoms with van der Waals surface area (Å²) >= 11 is 0. The first-order valence-electron chi connectivity index (χ1n) is 8.22. The SMILES string of the molecule is CN=C(NCc1ccon1)NC1CCCN(C(=O)OC(C)(C)C)C1.I. The first-order chi connectivity index (χ1) is 11.4. The average Bonchev–Trinajstić information content (AvgIpc) is 3.03. The summed E-state index contributed by atoms with van der Waals surface area (Å²) in [5.41, 5.74) is 0.323. The average molecular weight is 465 g/mol. The summed E-state index contributed by atoms with van der Waals surface area (Å²) < 4.78 is 10.3. The summed E-state index contributed by atoms with van der Waals surface area (Å²) in [6.07, 6.45) is 3.17. The predicted molar refractivity (Wildman–Crippen MR) is 106 cm³/mol. The van der Waals surface area contributed by atoms with E-state index in [1.807, 2.05) is 20.8 Å². The number of carbonyl (C=O) groups is 1. The molecule has 0 spiro atoms. The molecule has 1 saturated heterocycles. The van der Waals surface area contributed by atoms with Crippen LogP contribution in [0.2, 0.25) is 0 Å². The van der Waals surface area contributed by atoms with Gasteiger partial charge in [0.1, 0.15) is 17.6 Å². The maximum absolute atomic E-state index is 12.2. The fourth-order valence-corrected chi connectivity index (χ4v) is 2.48. The Morgan fingerprint density at radius 2 is 2.28 bits per heavy atom. The van der Waals surface area contributed by atoms with Crippen LogP contribution in [-0.2, 0) is 11.3 Å². The molecule has 0 saturated carbocycles. The van der Waals surface area contributed by atoms with Crippen molar-refractivity contribution in [3.05, 3.63) is 18.0 Å². The molecule has 2 rings (SSSR count). The van der Waals surface area contributed by atoms with Gasteiger partial charge >= 0.3 is 6.09 Å². The highest BCUT2D eigenvalue weighted by Gasteiger charge is 2.27. The molecule has 1 fully saturated rings. The van der Waals surface area contributed by atoms with E-state index >= 15 is 0 Å². The van der Waals surface area contributed by atoms with Gasteiger partial charge < -0.3 is 24.8 Å². The number of nitrogens with one attached hydrogen (secondary N) is 2. The van der Waals surface area contributed by atoms with Gasteiger partial charge in [0, 0.05) is 32.2 Å². The van der Waals surface area contributed by atoms with Crippen LogP contribution in [0.25, 0.3) is 0 Å². The summed E-state index contributed by atoms with van der Waals surface area (Å²) in [7, 11) is 1.71. The van der Waals surface area contributed by atoms with Crippen molar-refractivity contribution in [1.29, 1.82) is 0 Å². The standard InChI is InChI=1S/C16H27N5O3.HI/c1-16(2,3)24-15(22)21-8-5-6-13(11-21)19-14(17-4)18-10-12-7-9-23-20-12;/h7,9,13H,5-6,8,10-11H2,1-4H3,(H2,17,18,19);1H. The molecule has 2 N–H and O–H groups in total. The van der Waals surface area contributed by atoms with Gasteiger partial charge in [-0.2, -0.15) is 0 Å². The van der Waals surface area contributed by atoms with E-state index in [2.05, 4.69) is 20.8 Å². The van der Waals surface area contributed by atoms with Gasteiger partial charge in [-0.05, 0) is 33.6 Å². The summed E-state index contributed by atoms with van der Waals surface area (Å²) in [4.78, 5) is 18.2. The molecule has 1 amide bonds. The van der Waals surface area contributed by atoms with Crippen molar-refractivity contribution in [3.8, 4) is 0 Å². The molecule has 1 aromatic heterocycles. The van der Waals surface area contributed by atoms with Crippen LogP contribution in [0.5, 0.6) is 0 Å². The van der Waals surface area contributed by atoms with Gasteiger partial charge in [-0.25, -0.2) is 4.79 Å². The monoisotopic (exact) mass is 465 g/mol. The van der Waals surface area contributed by atoms with Crippen molar-refractivity contribution in [2.24, 2.45) is 4.99 Å². The van der Waals surface area contributed by atoms with E-state index in [0.717, 1.165) is 25.1 Å². The molecule has 0 aromatic carbocycles. The molecule has 9 heteroatoms. The highest BCUT2D eigenvalue weighted by atomic mass is 127. The second-order valence-corrected chi connectivity index (χ2v) is 6.83. The molecular formula is C16H28IN5O3. The van der Waals surface area contributed by atoms with E-state index in [0.29, 0.717) is 19.0 Å². The van der Waals surface area contributed by atoms with Gasteiger partial charge in [0.25, 0.3) is 0 Å². The largest absolute Gasteiger partial charge is 0.444 e. The number of carbonyl (C=O) groups excluding carboxylic acids is 1. The normalized spacial score (nSPS) is 18.3. The Bertz CT molecular complexity index is 557. The minimum atomic E-state index is -0.480. The Hall–Kier alpha value is -1.52. The molecule has 1 unspecified atom stereocenters. The molecule has 2 heterocycles. The zero-order valence-electron chi connectivity index (χ0n) is 15.2. The maximum atomic E-state index is 12.2. The fourth-order valence-electron chi connectivity index (χ4n) is 2.48. The highest BCUT2D eigenvalue weighted by Crippen LogP contribution is 2.15. The van der Waals surface area contributed by atoms with E-state index in [9.17, 15) is 4.79 Å². The number of guanidine groups is 1. The van der Waals surface area contributed by atoms with E-state index < -0.39 is 5.60 Å². The Labute approximate surface area is 165 Å². The van der Waals surface area contributed by atoms with Crippen molar-refractivity contribution >= 4 is 36.0 Å². The first kappa shape index (κ1) is 21.5. The Balaban J connectivity index is 0.00000312. The summed E-state index contributed by atoms with van der Waals surface area (Å²) in [5.74, 6) is 0.675. The minimum Gasteiger partial charge on any atom is -0.444 e. The lowest BCUT2D eigenvalue weighted by atomic mass is 10.1. The number of hydrogen-bond acceptors (Lipinski definition) is 5. The van der Waals surface area contributed by atoms with Crippen LogP contribution in [0.15, 0.2) is 21.8 Å². The summed E-state index contributed by atoms with van der Waals surface area (Å²) in [5, 5.41) is 10.4. The molecule has 8 nitrogen and oxygen atoms in total. The van der Waals surface area contributed by atoms with Gasteiger partial charge in [-0.15, -0.1) is 24.0 Å². The van der Waals surface area contributed by atoms with Crippen molar-refractivity contribution in [3.63, 3.8) is 0 Å². The Kier molecular flexibility index (Phi) is 8.46. The van der Waals surface area contributed by atoms with Gasteiger partial charge in [0.2, 0.25) is 0 Å². The molecular weight excluding hydrogens is 437 g/mol. The van der Waals surface area contributed by atoms with Gasteiger partial charge in [0.15, 0.2) is 5.96 Å². The van der Waals surface area contributed by atoms with E-state index in [1.54, 1.807) is 18.0 Å². The van der Waals surface area contributed by atoms with E-state index in [-0.39, 0.29) is 36.1 Å². The zero-order chi connectivity index (χ0) is 17.6. The lowest BCUT2D eigenvalue weighted by molar-refractivity contribution is 0.0193. The van der Waals surface area contributed by atoms with Crippen molar-refractivity contribution in [2.45, 2.75) is 51.8 Å². The predicted octanol–water partition coefficient (Wildman–Crippen LogP) is 2.36. The van der Waals surface area contributed by atoms with Crippen LogP contribution in [0.4, 0.5) is 4.79 Å². The van der Waals surface area contributed by atoms with Crippen LogP contribution in [0.1, 0.15) is 39.3 Å². The van der Waals surface area contributed by atoms with Crippen molar-refractivity contribution in [1.82, 2.24) is 20.7 Å². The number of amides is 1. The fraction of sp³-hybridized carbons (Fsp3) is 0.688. The van der Waals surface area contributed by atoms with Crippen LogP contribution in [0.3, 0.4) is 0 Å². The number of rotatable bonds is 3. The number of likely N-dealkylation sites (tertiary alicyclic amines) is 1. The number of halogens is 1. The second kappa shape index (κ2) is 9.83. The summed E-state index contributed by atoms with van der Waals surface area (Å²) in [6.45, 7) is 7.47. The first-order valence-corrected chi connectivity index (χ1v) is 8.22. The lowest BCUT2D eigenvalue weighted by Gasteiger charge is -2.35. The maximum Gasteiger partial charge on any atom is 0.410 e. The third-order valence-corrected chi connectivity index (χ3v) is 3.57. The number of nitrogens with zero attached hydrogens (tertiary/aromatic N) is 3. The van der Waals surface area contributed by atoms with Gasteiger partial charge in [-0.3, -0.25) is 4.99 Å². The Morgan fingerprint density at radius 1 is 1.52 bits per heavy atom. The number of aromatic nitrogens is 1. The second-order valence-electron chi connectivity index (χ2n) is 6.83. The van der Waals surface area contributed by atoms with Crippen LogP contribution >= 0.6 is 24.0 Å². The molecule has 25 heavy (non-hydrogen) atoms. The third-order valence-electron chi connectivity index (χ3n) is 3.57. The number of piperidine rings is 1. The summed E-state index contributed by atoms with van der Waals surface area (Å²) in [6, 6.07) is 1.93. The van der Waals surface area contributed by atoms with Crippen molar-refractivity contribution < 1.29 is 14.1 Å². The number of hydrogen-bond donors (Lipinski definition) is 2. The topological polar surface area (TPSA) is 92.0 Å². The molecule has 0 aliphatic carbocycles. The van der Waals surface area contributed by atoms with Gasteiger partial charge in [0.05, 0.1) is 6.54 Å². The van der Waals surface area contributed by atoms with Crippen LogP contribution in [0, 0.1) is 0 Å². The van der Waals surface area contributed by atoms with Crippen LogP contribution < -0.4 is 10.6 Å². The van der Waals surface area contributed by atoms with Gasteiger partial charge in [-0.1, -0.05) is 5.16 Å². The quantitative estimate of drug-likeness (QED) is 0.405. The number of ether oxygens (including phenoxy) is 1. The highest BCUT2D eigenvalue weighted by molar-refractivity contribution is 14.0. The smallest absolute Gasteiger partial charge is 0.410 e. The third kappa shape index (κ3) is 7.49. The molecule has 0 radical (unpaired) electrons. The Morgan fingerprint density at radius 3 is 2.88 bits per heavy atom. The van der Waals surface area contributed by atoms with Crippen LogP contribution in [-0.4, -0.2) is 53.9 Å². The van der Waals surface area contributed by atoms with E-state index in [4.69, 9.17) is 9.26 Å². The number of aliphatic imine (C=N–C) groups is 1. The van der Waals surface area contributed by atoms with Crippen molar-refractivity contribution in [2.75, 3.05) is 20.1 Å².